The Balaban J connectivity index is 0.00000147. The molecular weight excluding hydrogens is 278 g/mol. The zero-order valence-electron chi connectivity index (χ0n) is 10.4. The van der Waals surface area contributed by atoms with Crippen molar-refractivity contribution in [3.8, 4) is 11.1 Å². The van der Waals surface area contributed by atoms with Crippen LogP contribution in [0, 0.1) is 0 Å². The van der Waals surface area contributed by atoms with Crippen molar-refractivity contribution in [3.63, 3.8) is 0 Å². The lowest BCUT2D eigenvalue weighted by molar-refractivity contribution is 0.100. The molecule has 1 amide bonds. The Morgan fingerprint density at radius 2 is 1.80 bits per heavy atom. The molecule has 0 bridgehead atoms. The number of carbonyl (C=O) groups is 1. The van der Waals surface area contributed by atoms with E-state index in [2.05, 4.69) is 4.98 Å². The maximum atomic E-state index is 11.7. The zero-order valence-corrected chi connectivity index (χ0v) is 11.2. The number of hydrogen-bond donors (Lipinski definition) is 2. The third kappa shape index (κ3) is 2.19. The van der Waals surface area contributed by atoms with Gasteiger partial charge >= 0.3 is 0 Å². The first-order valence-corrected chi connectivity index (χ1v) is 5.71. The molecule has 2 aromatic carbocycles. The monoisotopic (exact) mass is 289 g/mol. The molecule has 0 aliphatic heterocycles. The molecule has 0 atom stereocenters. The van der Waals surface area contributed by atoms with Crippen molar-refractivity contribution in [1.82, 2.24) is 4.98 Å². The molecule has 0 radical (unpaired) electrons. The standard InChI is InChI=1S/C14H11N3O2.ClH/c15-13(18)11-9(8-4-2-1-3-5-8)6-7-10-12(11)17-14(16)19-10;/h1-7H,(H2,15,18)(H2,16,17);1H. The number of aromatic nitrogens is 1. The molecule has 1 heterocycles. The van der Waals surface area contributed by atoms with E-state index in [9.17, 15) is 4.79 Å². The molecule has 3 aromatic rings. The van der Waals surface area contributed by atoms with E-state index >= 15 is 0 Å². The van der Waals surface area contributed by atoms with Crippen molar-refractivity contribution < 1.29 is 9.21 Å². The number of hydrogen-bond acceptors (Lipinski definition) is 4. The van der Waals surface area contributed by atoms with Crippen molar-refractivity contribution in [3.05, 3.63) is 48.0 Å². The number of benzene rings is 2. The molecule has 0 unspecified atom stereocenters. The van der Waals surface area contributed by atoms with Crippen molar-refractivity contribution >= 4 is 35.4 Å². The highest BCUT2D eigenvalue weighted by Gasteiger charge is 2.18. The first-order valence-electron chi connectivity index (χ1n) is 5.71. The Morgan fingerprint density at radius 3 is 2.45 bits per heavy atom. The van der Waals surface area contributed by atoms with E-state index in [1.807, 2.05) is 30.3 Å². The topological polar surface area (TPSA) is 95.1 Å². The van der Waals surface area contributed by atoms with Crippen LogP contribution in [0.5, 0.6) is 0 Å². The van der Waals surface area contributed by atoms with Gasteiger partial charge in [0.15, 0.2) is 5.58 Å². The van der Waals surface area contributed by atoms with E-state index in [1.54, 1.807) is 12.1 Å². The predicted molar refractivity (Wildman–Crippen MR) is 79.6 cm³/mol. The van der Waals surface area contributed by atoms with E-state index in [0.29, 0.717) is 22.2 Å². The zero-order chi connectivity index (χ0) is 13.4. The van der Waals surface area contributed by atoms with Crippen LogP contribution in [0.2, 0.25) is 0 Å². The highest BCUT2D eigenvalue weighted by atomic mass is 35.5. The maximum Gasteiger partial charge on any atom is 0.293 e. The number of nitrogens with zero attached hydrogens (tertiary/aromatic N) is 1. The van der Waals surface area contributed by atoms with E-state index < -0.39 is 5.91 Å². The van der Waals surface area contributed by atoms with Gasteiger partial charge in [0.1, 0.15) is 5.52 Å². The normalized spacial score (nSPS) is 10.2. The Hall–Kier alpha value is -2.53. The number of nitrogen functional groups attached to an aromatic ring is 1. The Bertz CT molecular complexity index is 769. The summed E-state index contributed by atoms with van der Waals surface area (Å²) in [5.41, 5.74) is 13.8. The molecule has 5 nitrogen and oxygen atoms in total. The van der Waals surface area contributed by atoms with Gasteiger partial charge < -0.3 is 15.9 Å². The second kappa shape index (κ2) is 5.22. The fourth-order valence-electron chi connectivity index (χ4n) is 2.12. The third-order valence-corrected chi connectivity index (χ3v) is 2.91. The highest BCUT2D eigenvalue weighted by molar-refractivity contribution is 6.09. The highest BCUT2D eigenvalue weighted by Crippen LogP contribution is 2.30. The van der Waals surface area contributed by atoms with Gasteiger partial charge in [0.05, 0.1) is 5.56 Å². The van der Waals surface area contributed by atoms with Crippen LogP contribution < -0.4 is 11.5 Å². The molecule has 4 N–H and O–H groups in total. The summed E-state index contributed by atoms with van der Waals surface area (Å²) in [4.78, 5) is 15.7. The molecule has 0 aliphatic carbocycles. The molecule has 6 heteroatoms. The maximum absolute atomic E-state index is 11.7. The summed E-state index contributed by atoms with van der Waals surface area (Å²) in [5, 5.41) is 0. The summed E-state index contributed by atoms with van der Waals surface area (Å²) >= 11 is 0. The second-order valence-electron chi connectivity index (χ2n) is 4.12. The van der Waals surface area contributed by atoms with E-state index in [4.69, 9.17) is 15.9 Å². The lowest BCUT2D eigenvalue weighted by Gasteiger charge is -2.06. The molecule has 20 heavy (non-hydrogen) atoms. The SMILES string of the molecule is Cl.NC(=O)c1c(-c2ccccc2)ccc2oc(N)nc12. The number of primary amides is 1. The van der Waals surface area contributed by atoms with Crippen LogP contribution in [0.3, 0.4) is 0 Å². The number of oxazole rings is 1. The number of anilines is 1. The fourth-order valence-corrected chi connectivity index (χ4v) is 2.12. The van der Waals surface area contributed by atoms with Crippen molar-refractivity contribution in [1.29, 1.82) is 0 Å². The summed E-state index contributed by atoms with van der Waals surface area (Å²) < 4.78 is 5.21. The predicted octanol–water partition coefficient (Wildman–Crippen LogP) is 2.60. The largest absolute Gasteiger partial charge is 0.424 e. The van der Waals surface area contributed by atoms with Gasteiger partial charge in [-0.15, -0.1) is 12.4 Å². The third-order valence-electron chi connectivity index (χ3n) is 2.91. The van der Waals surface area contributed by atoms with Crippen LogP contribution in [0.1, 0.15) is 10.4 Å². The number of carbonyl (C=O) groups excluding carboxylic acids is 1. The fraction of sp³-hybridized carbons (Fsp3) is 0. The van der Waals surface area contributed by atoms with Crippen LogP contribution in [0.4, 0.5) is 6.01 Å². The first-order chi connectivity index (χ1) is 9.16. The molecule has 102 valence electrons. The van der Waals surface area contributed by atoms with E-state index in [-0.39, 0.29) is 18.4 Å². The van der Waals surface area contributed by atoms with Crippen molar-refractivity contribution in [2.75, 3.05) is 5.73 Å². The van der Waals surface area contributed by atoms with Gasteiger partial charge in [0.25, 0.3) is 11.9 Å². The molecular formula is C14H12ClN3O2. The Kier molecular flexibility index (Phi) is 3.63. The summed E-state index contributed by atoms with van der Waals surface area (Å²) in [6, 6.07) is 13.0. The molecule has 0 aliphatic rings. The molecule has 3 rings (SSSR count). The van der Waals surface area contributed by atoms with E-state index in [0.717, 1.165) is 5.56 Å². The lowest BCUT2D eigenvalue weighted by Crippen LogP contribution is -2.13. The van der Waals surface area contributed by atoms with Gasteiger partial charge in [-0.1, -0.05) is 30.3 Å². The number of amides is 1. The van der Waals surface area contributed by atoms with Crippen LogP contribution in [0.25, 0.3) is 22.2 Å². The average molecular weight is 290 g/mol. The second-order valence-corrected chi connectivity index (χ2v) is 4.12. The minimum Gasteiger partial charge on any atom is -0.424 e. The Labute approximate surface area is 121 Å². The number of halogens is 1. The molecule has 0 saturated carbocycles. The summed E-state index contributed by atoms with van der Waals surface area (Å²) in [7, 11) is 0. The molecule has 0 spiro atoms. The van der Waals surface area contributed by atoms with Crippen LogP contribution in [-0.2, 0) is 0 Å². The lowest BCUT2D eigenvalue weighted by atomic mass is 9.98. The minimum atomic E-state index is -0.558. The summed E-state index contributed by atoms with van der Waals surface area (Å²) in [5.74, 6) is -0.558. The van der Waals surface area contributed by atoms with Gasteiger partial charge in [-0.2, -0.15) is 4.98 Å². The summed E-state index contributed by atoms with van der Waals surface area (Å²) in [6.07, 6.45) is 0. The summed E-state index contributed by atoms with van der Waals surface area (Å²) in [6.45, 7) is 0. The molecule has 0 fully saturated rings. The van der Waals surface area contributed by atoms with Crippen molar-refractivity contribution in [2.24, 2.45) is 5.73 Å². The van der Waals surface area contributed by atoms with Crippen molar-refractivity contribution in [2.45, 2.75) is 0 Å². The number of fused-ring (bicyclic) bond motifs is 1. The smallest absolute Gasteiger partial charge is 0.293 e. The average Bonchev–Trinajstić information content (AvgIpc) is 2.78. The van der Waals surface area contributed by atoms with Gasteiger partial charge in [0, 0.05) is 0 Å². The minimum absolute atomic E-state index is 0. The number of rotatable bonds is 2. The quantitative estimate of drug-likeness (QED) is 0.758. The Morgan fingerprint density at radius 1 is 1.10 bits per heavy atom. The van der Waals surface area contributed by atoms with Gasteiger partial charge in [-0.05, 0) is 23.3 Å². The van der Waals surface area contributed by atoms with Crippen LogP contribution >= 0.6 is 12.4 Å². The molecule has 1 aromatic heterocycles. The van der Waals surface area contributed by atoms with E-state index in [1.165, 1.54) is 0 Å². The number of nitrogens with two attached hydrogens (primary N) is 2. The first kappa shape index (κ1) is 13.9. The van der Waals surface area contributed by atoms with Gasteiger partial charge in [-0.3, -0.25) is 4.79 Å². The van der Waals surface area contributed by atoms with Crippen LogP contribution in [-0.4, -0.2) is 10.9 Å². The van der Waals surface area contributed by atoms with Crippen LogP contribution in [0.15, 0.2) is 46.9 Å². The van der Waals surface area contributed by atoms with Gasteiger partial charge in [0.2, 0.25) is 0 Å². The van der Waals surface area contributed by atoms with Gasteiger partial charge in [-0.25, -0.2) is 0 Å². The molecule has 0 saturated heterocycles.